The van der Waals surface area contributed by atoms with Crippen LogP contribution in [0.15, 0.2) is 48.5 Å². The summed E-state index contributed by atoms with van der Waals surface area (Å²) < 4.78 is 5.05. The molecule has 2 N–H and O–H groups in total. The molecule has 0 spiro atoms. The number of nitrogens with one attached hydrogen (secondary N) is 2. The Bertz CT molecular complexity index is 798. The third-order valence-corrected chi connectivity index (χ3v) is 4.04. The third kappa shape index (κ3) is 6.26. The minimum absolute atomic E-state index is 0.181. The Morgan fingerprint density at radius 3 is 2.19 bits per heavy atom. The maximum atomic E-state index is 12.0. The van der Waals surface area contributed by atoms with Crippen LogP contribution in [0.1, 0.15) is 48.3 Å². The molecule has 0 saturated heterocycles. The van der Waals surface area contributed by atoms with Gasteiger partial charge in [-0.05, 0) is 48.7 Å². The summed E-state index contributed by atoms with van der Waals surface area (Å²) in [4.78, 5) is 35.0. The Hall–Kier alpha value is -3.15. The van der Waals surface area contributed by atoms with Crippen molar-refractivity contribution in [3.05, 3.63) is 65.2 Å². The maximum Gasteiger partial charge on any atom is 0.338 e. The van der Waals surface area contributed by atoms with Crippen LogP contribution >= 0.6 is 0 Å². The van der Waals surface area contributed by atoms with Crippen molar-refractivity contribution in [1.29, 1.82) is 0 Å². The topological polar surface area (TPSA) is 84.5 Å². The molecule has 0 bridgehead atoms. The predicted molar refractivity (Wildman–Crippen MR) is 103 cm³/mol. The van der Waals surface area contributed by atoms with Crippen molar-refractivity contribution in [2.45, 2.75) is 33.2 Å². The van der Waals surface area contributed by atoms with Gasteiger partial charge in [0.1, 0.15) is 0 Å². The van der Waals surface area contributed by atoms with E-state index in [4.69, 9.17) is 4.74 Å². The lowest BCUT2D eigenvalue weighted by Crippen LogP contribution is -2.31. The lowest BCUT2D eigenvalue weighted by Gasteiger charge is -2.15. The molecule has 0 aliphatic rings. The average molecular weight is 368 g/mol. The van der Waals surface area contributed by atoms with Gasteiger partial charge in [-0.15, -0.1) is 0 Å². The van der Waals surface area contributed by atoms with Gasteiger partial charge in [0.15, 0.2) is 6.61 Å². The van der Waals surface area contributed by atoms with Gasteiger partial charge in [0.2, 0.25) is 5.91 Å². The van der Waals surface area contributed by atoms with E-state index >= 15 is 0 Å². The van der Waals surface area contributed by atoms with Crippen LogP contribution in [-0.2, 0) is 20.7 Å². The van der Waals surface area contributed by atoms with Crippen LogP contribution in [0, 0.1) is 0 Å². The van der Waals surface area contributed by atoms with E-state index in [9.17, 15) is 14.4 Å². The highest BCUT2D eigenvalue weighted by molar-refractivity contribution is 5.93. The van der Waals surface area contributed by atoms with Gasteiger partial charge in [-0.25, -0.2) is 4.79 Å². The number of amides is 2. The number of hydrogen-bond acceptors (Lipinski definition) is 4. The molecule has 6 heteroatoms. The molecule has 0 aliphatic heterocycles. The van der Waals surface area contributed by atoms with Crippen LogP contribution < -0.4 is 10.6 Å². The highest BCUT2D eigenvalue weighted by Gasteiger charge is 2.13. The molecule has 6 nitrogen and oxygen atoms in total. The zero-order valence-corrected chi connectivity index (χ0v) is 15.7. The van der Waals surface area contributed by atoms with E-state index in [0.29, 0.717) is 11.3 Å². The van der Waals surface area contributed by atoms with Crippen LogP contribution in [-0.4, -0.2) is 24.4 Å². The first-order valence-electron chi connectivity index (χ1n) is 8.82. The largest absolute Gasteiger partial charge is 0.452 e. The van der Waals surface area contributed by atoms with Gasteiger partial charge < -0.3 is 15.4 Å². The first kappa shape index (κ1) is 20.2. The molecule has 2 rings (SSSR count). The van der Waals surface area contributed by atoms with Crippen LogP contribution in [0.4, 0.5) is 5.69 Å². The second-order valence-electron chi connectivity index (χ2n) is 6.22. The van der Waals surface area contributed by atoms with Gasteiger partial charge >= 0.3 is 5.97 Å². The number of ether oxygens (including phenoxy) is 1. The molecule has 0 fully saturated rings. The van der Waals surface area contributed by atoms with Crippen molar-refractivity contribution in [2.24, 2.45) is 0 Å². The number of anilines is 1. The van der Waals surface area contributed by atoms with E-state index in [2.05, 4.69) is 17.6 Å². The molecular weight excluding hydrogens is 344 g/mol. The normalized spacial score (nSPS) is 11.4. The lowest BCUT2D eigenvalue weighted by molar-refractivity contribution is -0.124. The molecule has 1 atom stereocenters. The van der Waals surface area contributed by atoms with Crippen LogP contribution in [0.3, 0.4) is 0 Å². The van der Waals surface area contributed by atoms with E-state index in [-0.39, 0.29) is 24.5 Å². The fourth-order valence-corrected chi connectivity index (χ4v) is 2.52. The molecule has 0 aliphatic carbocycles. The highest BCUT2D eigenvalue weighted by atomic mass is 16.5. The molecule has 0 saturated carbocycles. The summed E-state index contributed by atoms with van der Waals surface area (Å²) in [5.74, 6) is -1.16. The van der Waals surface area contributed by atoms with E-state index in [1.165, 1.54) is 24.6 Å². The van der Waals surface area contributed by atoms with E-state index in [1.807, 2.05) is 31.2 Å². The standard InChI is InChI=1S/C21H24N2O4/c1-4-16-5-7-17(8-6-16)14(2)22-20(25)13-27-21(26)18-9-11-19(12-10-18)23-15(3)24/h5-12,14H,4,13H2,1-3H3,(H,22,25)(H,23,24)/t14-/m0/s1. The van der Waals surface area contributed by atoms with Crippen molar-refractivity contribution in [1.82, 2.24) is 5.32 Å². The Kier molecular flexibility index (Phi) is 7.11. The average Bonchev–Trinajstić information content (AvgIpc) is 2.66. The lowest BCUT2D eigenvalue weighted by atomic mass is 10.1. The van der Waals surface area contributed by atoms with Crippen molar-refractivity contribution in [3.8, 4) is 0 Å². The third-order valence-electron chi connectivity index (χ3n) is 4.04. The minimum atomic E-state index is -0.598. The Morgan fingerprint density at radius 2 is 1.63 bits per heavy atom. The number of benzene rings is 2. The first-order chi connectivity index (χ1) is 12.9. The number of aryl methyl sites for hydroxylation is 1. The summed E-state index contributed by atoms with van der Waals surface area (Å²) >= 11 is 0. The molecule has 142 valence electrons. The number of carbonyl (C=O) groups is 3. The van der Waals surface area contributed by atoms with Crippen LogP contribution in [0.5, 0.6) is 0 Å². The molecular formula is C21H24N2O4. The van der Waals surface area contributed by atoms with Crippen molar-refractivity contribution >= 4 is 23.5 Å². The molecule has 0 radical (unpaired) electrons. The number of esters is 1. The zero-order chi connectivity index (χ0) is 19.8. The summed E-state index contributed by atoms with van der Waals surface area (Å²) in [6, 6.07) is 14.1. The number of hydrogen-bond donors (Lipinski definition) is 2. The van der Waals surface area contributed by atoms with Gasteiger partial charge in [-0.2, -0.15) is 0 Å². The first-order valence-corrected chi connectivity index (χ1v) is 8.82. The second kappa shape index (κ2) is 9.52. The summed E-state index contributed by atoms with van der Waals surface area (Å²) in [6.45, 7) is 5.01. The molecule has 0 aromatic heterocycles. The quantitative estimate of drug-likeness (QED) is 0.735. The maximum absolute atomic E-state index is 12.0. The van der Waals surface area contributed by atoms with Crippen molar-refractivity contribution in [3.63, 3.8) is 0 Å². The second-order valence-corrected chi connectivity index (χ2v) is 6.22. The summed E-state index contributed by atoms with van der Waals surface area (Å²) in [7, 11) is 0. The minimum Gasteiger partial charge on any atom is -0.452 e. The number of rotatable bonds is 7. The van der Waals surface area contributed by atoms with Gasteiger partial charge in [-0.1, -0.05) is 31.2 Å². The van der Waals surface area contributed by atoms with Gasteiger partial charge in [0, 0.05) is 12.6 Å². The monoisotopic (exact) mass is 368 g/mol. The number of carbonyl (C=O) groups excluding carboxylic acids is 3. The molecule has 0 heterocycles. The molecule has 2 amide bonds. The zero-order valence-electron chi connectivity index (χ0n) is 15.7. The molecule has 0 unspecified atom stereocenters. The highest BCUT2D eigenvalue weighted by Crippen LogP contribution is 2.14. The van der Waals surface area contributed by atoms with Gasteiger partial charge in [0.05, 0.1) is 11.6 Å². The van der Waals surface area contributed by atoms with Crippen molar-refractivity contribution in [2.75, 3.05) is 11.9 Å². The molecule has 2 aromatic rings. The molecule has 2 aromatic carbocycles. The van der Waals surface area contributed by atoms with Gasteiger partial charge in [0.25, 0.3) is 5.91 Å². The fraction of sp³-hybridized carbons (Fsp3) is 0.286. The Morgan fingerprint density at radius 1 is 1.00 bits per heavy atom. The van der Waals surface area contributed by atoms with E-state index < -0.39 is 5.97 Å². The van der Waals surface area contributed by atoms with Crippen molar-refractivity contribution < 1.29 is 19.1 Å². The van der Waals surface area contributed by atoms with Gasteiger partial charge in [-0.3, -0.25) is 9.59 Å². The molecule has 27 heavy (non-hydrogen) atoms. The Labute approximate surface area is 158 Å². The predicted octanol–water partition coefficient (Wildman–Crippen LogP) is 3.24. The SMILES string of the molecule is CCc1ccc([C@H](C)NC(=O)COC(=O)c2ccc(NC(C)=O)cc2)cc1. The fourth-order valence-electron chi connectivity index (χ4n) is 2.52. The van der Waals surface area contributed by atoms with Crippen LogP contribution in [0.2, 0.25) is 0 Å². The van der Waals surface area contributed by atoms with E-state index in [0.717, 1.165) is 12.0 Å². The summed E-state index contributed by atoms with van der Waals surface area (Å²) in [5.41, 5.74) is 3.11. The summed E-state index contributed by atoms with van der Waals surface area (Å²) in [5, 5.41) is 5.42. The van der Waals surface area contributed by atoms with E-state index in [1.54, 1.807) is 12.1 Å². The van der Waals surface area contributed by atoms with Crippen LogP contribution in [0.25, 0.3) is 0 Å². The smallest absolute Gasteiger partial charge is 0.338 e. The Balaban J connectivity index is 1.83. The summed E-state index contributed by atoms with van der Waals surface area (Å²) in [6.07, 6.45) is 0.961.